The first kappa shape index (κ1) is 20.6. The summed E-state index contributed by atoms with van der Waals surface area (Å²) in [5.41, 5.74) is 9.08. The van der Waals surface area contributed by atoms with E-state index in [-0.39, 0.29) is 18.6 Å². The van der Waals surface area contributed by atoms with Gasteiger partial charge >= 0.3 is 0 Å². The van der Waals surface area contributed by atoms with Crippen LogP contribution >= 0.6 is 11.3 Å². The van der Waals surface area contributed by atoms with E-state index >= 15 is 0 Å². The van der Waals surface area contributed by atoms with Crippen molar-refractivity contribution in [2.24, 2.45) is 0 Å². The standard InChI is InChI=1S/C23H23N5O2S/c1-14(2)25-20(29)13-30-18-8-3-5-15(11-18)22-27-19-9-10-31-21(19)23(28-22)26-17-7-4-6-16(24)12-17/h3-12,14H,13,24H2,1-2H3,(H,25,29)(H,26,27,28). The summed E-state index contributed by atoms with van der Waals surface area (Å²) in [6.45, 7) is 3.77. The largest absolute Gasteiger partial charge is 0.484 e. The number of ether oxygens (including phenoxy) is 1. The number of carbonyl (C=O) groups is 1. The molecule has 0 atom stereocenters. The summed E-state index contributed by atoms with van der Waals surface area (Å²) in [7, 11) is 0. The van der Waals surface area contributed by atoms with Crippen LogP contribution in [0.25, 0.3) is 21.6 Å². The Morgan fingerprint density at radius 2 is 1.97 bits per heavy atom. The molecule has 7 nitrogen and oxygen atoms in total. The summed E-state index contributed by atoms with van der Waals surface area (Å²) in [5, 5.41) is 8.15. The third-order valence-electron chi connectivity index (χ3n) is 4.36. The van der Waals surface area contributed by atoms with Gasteiger partial charge in [-0.2, -0.15) is 0 Å². The highest BCUT2D eigenvalue weighted by Crippen LogP contribution is 2.32. The third kappa shape index (κ3) is 5.10. The van der Waals surface area contributed by atoms with Crippen molar-refractivity contribution in [3.63, 3.8) is 0 Å². The minimum absolute atomic E-state index is 0.0473. The molecule has 8 heteroatoms. The number of nitrogens with zero attached hydrogens (tertiary/aromatic N) is 2. The summed E-state index contributed by atoms with van der Waals surface area (Å²) >= 11 is 1.57. The van der Waals surface area contributed by atoms with E-state index in [0.29, 0.717) is 23.1 Å². The first-order valence-electron chi connectivity index (χ1n) is 9.88. The van der Waals surface area contributed by atoms with E-state index in [0.717, 1.165) is 21.5 Å². The average Bonchev–Trinajstić information content (AvgIpc) is 3.21. The number of nitrogens with two attached hydrogens (primary N) is 1. The van der Waals surface area contributed by atoms with Crippen LogP contribution in [-0.4, -0.2) is 28.5 Å². The zero-order valence-electron chi connectivity index (χ0n) is 17.3. The van der Waals surface area contributed by atoms with Gasteiger partial charge in [0.1, 0.15) is 5.75 Å². The zero-order chi connectivity index (χ0) is 21.8. The topological polar surface area (TPSA) is 102 Å². The van der Waals surface area contributed by atoms with Gasteiger partial charge in [-0.15, -0.1) is 11.3 Å². The van der Waals surface area contributed by atoms with E-state index in [2.05, 4.69) is 10.6 Å². The molecular formula is C23H23N5O2S. The number of hydrogen-bond donors (Lipinski definition) is 3. The van der Waals surface area contributed by atoms with E-state index in [9.17, 15) is 4.79 Å². The Balaban J connectivity index is 1.62. The Bertz CT molecular complexity index is 1220. The Morgan fingerprint density at radius 3 is 2.77 bits per heavy atom. The Morgan fingerprint density at radius 1 is 1.13 bits per heavy atom. The Labute approximate surface area is 184 Å². The number of aromatic nitrogens is 2. The van der Waals surface area contributed by atoms with Crippen molar-refractivity contribution in [1.82, 2.24) is 15.3 Å². The molecule has 0 unspecified atom stereocenters. The highest BCUT2D eigenvalue weighted by Gasteiger charge is 2.12. The normalized spacial score (nSPS) is 10.9. The molecule has 1 amide bonds. The molecule has 0 radical (unpaired) electrons. The first-order valence-corrected chi connectivity index (χ1v) is 10.8. The molecule has 4 aromatic rings. The maximum Gasteiger partial charge on any atom is 0.258 e. The monoisotopic (exact) mass is 433 g/mol. The van der Waals surface area contributed by atoms with Gasteiger partial charge in [0.25, 0.3) is 5.91 Å². The molecule has 0 saturated heterocycles. The molecule has 0 aliphatic carbocycles. The predicted octanol–water partition coefficient (Wildman–Crippen LogP) is 4.59. The van der Waals surface area contributed by atoms with Gasteiger partial charge in [0.05, 0.1) is 10.2 Å². The SMILES string of the molecule is CC(C)NC(=O)COc1cccc(-c2nc(Nc3cccc(N)c3)c3sccc3n2)c1. The van der Waals surface area contributed by atoms with Gasteiger partial charge in [-0.1, -0.05) is 18.2 Å². The molecule has 0 aliphatic rings. The average molecular weight is 434 g/mol. The highest BCUT2D eigenvalue weighted by molar-refractivity contribution is 7.17. The summed E-state index contributed by atoms with van der Waals surface area (Å²) in [6, 6.07) is 17.0. The molecule has 0 spiro atoms. The summed E-state index contributed by atoms with van der Waals surface area (Å²) in [4.78, 5) is 21.3. The lowest BCUT2D eigenvalue weighted by Gasteiger charge is -2.11. The third-order valence-corrected chi connectivity index (χ3v) is 5.28. The lowest BCUT2D eigenvalue weighted by atomic mass is 10.2. The van der Waals surface area contributed by atoms with Crippen LogP contribution in [0.1, 0.15) is 13.8 Å². The quantitative estimate of drug-likeness (QED) is 0.369. The fraction of sp³-hybridized carbons (Fsp3) is 0.174. The number of thiophene rings is 1. The molecule has 0 fully saturated rings. The number of nitrogens with one attached hydrogen (secondary N) is 2. The minimum Gasteiger partial charge on any atom is -0.484 e. The maximum atomic E-state index is 11.9. The van der Waals surface area contributed by atoms with Gasteiger partial charge in [-0.3, -0.25) is 4.79 Å². The molecular weight excluding hydrogens is 410 g/mol. The van der Waals surface area contributed by atoms with Gasteiger partial charge in [0.2, 0.25) is 0 Å². The van der Waals surface area contributed by atoms with Crippen molar-refractivity contribution in [2.75, 3.05) is 17.7 Å². The number of nitrogen functional groups attached to an aromatic ring is 1. The molecule has 158 valence electrons. The second kappa shape index (κ2) is 9.01. The maximum absolute atomic E-state index is 11.9. The van der Waals surface area contributed by atoms with Crippen LogP contribution in [0.2, 0.25) is 0 Å². The highest BCUT2D eigenvalue weighted by atomic mass is 32.1. The molecule has 4 rings (SSSR count). The van der Waals surface area contributed by atoms with Gasteiger partial charge in [0, 0.05) is 23.0 Å². The number of hydrogen-bond acceptors (Lipinski definition) is 7. The minimum atomic E-state index is -0.162. The van der Waals surface area contributed by atoms with Crippen molar-refractivity contribution in [1.29, 1.82) is 0 Å². The molecule has 2 aromatic carbocycles. The van der Waals surface area contributed by atoms with Crippen molar-refractivity contribution >= 4 is 44.7 Å². The second-order valence-electron chi connectivity index (χ2n) is 7.32. The predicted molar refractivity (Wildman–Crippen MR) is 126 cm³/mol. The van der Waals surface area contributed by atoms with Crippen LogP contribution in [0.15, 0.2) is 60.0 Å². The van der Waals surface area contributed by atoms with E-state index in [4.69, 9.17) is 20.4 Å². The van der Waals surface area contributed by atoms with E-state index < -0.39 is 0 Å². The summed E-state index contributed by atoms with van der Waals surface area (Å²) < 4.78 is 6.61. The Kier molecular flexibility index (Phi) is 5.99. The molecule has 0 saturated carbocycles. The van der Waals surface area contributed by atoms with Crippen LogP contribution in [-0.2, 0) is 4.79 Å². The lowest BCUT2D eigenvalue weighted by molar-refractivity contribution is -0.123. The van der Waals surface area contributed by atoms with Crippen LogP contribution in [0.5, 0.6) is 5.75 Å². The zero-order valence-corrected chi connectivity index (χ0v) is 18.1. The van der Waals surface area contributed by atoms with Crippen LogP contribution < -0.4 is 21.1 Å². The van der Waals surface area contributed by atoms with Crippen molar-refractivity contribution in [2.45, 2.75) is 19.9 Å². The number of anilines is 3. The van der Waals surface area contributed by atoms with Crippen LogP contribution in [0, 0.1) is 0 Å². The second-order valence-corrected chi connectivity index (χ2v) is 8.24. The fourth-order valence-corrected chi connectivity index (χ4v) is 3.84. The number of benzene rings is 2. The van der Waals surface area contributed by atoms with Crippen molar-refractivity contribution in [3.05, 3.63) is 60.0 Å². The number of rotatable bonds is 7. The summed E-state index contributed by atoms with van der Waals surface area (Å²) in [6.07, 6.45) is 0. The van der Waals surface area contributed by atoms with Crippen molar-refractivity contribution < 1.29 is 9.53 Å². The van der Waals surface area contributed by atoms with Crippen LogP contribution in [0.4, 0.5) is 17.2 Å². The van der Waals surface area contributed by atoms with Gasteiger partial charge in [0.15, 0.2) is 18.2 Å². The summed E-state index contributed by atoms with van der Waals surface area (Å²) in [5.74, 6) is 1.69. The van der Waals surface area contributed by atoms with E-state index in [1.165, 1.54) is 0 Å². The molecule has 31 heavy (non-hydrogen) atoms. The number of fused-ring (bicyclic) bond motifs is 1. The number of amides is 1. The fourth-order valence-electron chi connectivity index (χ4n) is 3.07. The smallest absolute Gasteiger partial charge is 0.258 e. The van der Waals surface area contributed by atoms with Crippen molar-refractivity contribution in [3.8, 4) is 17.1 Å². The molecule has 0 aliphatic heterocycles. The molecule has 2 heterocycles. The molecule has 0 bridgehead atoms. The Hall–Kier alpha value is -3.65. The van der Waals surface area contributed by atoms with E-state index in [1.54, 1.807) is 17.4 Å². The van der Waals surface area contributed by atoms with Gasteiger partial charge in [-0.25, -0.2) is 9.97 Å². The van der Waals surface area contributed by atoms with Gasteiger partial charge in [-0.05, 0) is 55.6 Å². The number of carbonyl (C=O) groups excluding carboxylic acids is 1. The van der Waals surface area contributed by atoms with Crippen LogP contribution in [0.3, 0.4) is 0 Å². The van der Waals surface area contributed by atoms with Gasteiger partial charge < -0.3 is 21.1 Å². The molecule has 4 N–H and O–H groups in total. The van der Waals surface area contributed by atoms with E-state index in [1.807, 2.05) is 67.8 Å². The lowest BCUT2D eigenvalue weighted by Crippen LogP contribution is -2.34. The first-order chi connectivity index (χ1) is 15.0. The molecule has 2 aromatic heterocycles.